The van der Waals surface area contributed by atoms with Crippen LogP contribution in [-0.2, 0) is 7.05 Å². The van der Waals surface area contributed by atoms with Gasteiger partial charge in [0.05, 0.1) is 16.4 Å². The van der Waals surface area contributed by atoms with Gasteiger partial charge in [0.25, 0.3) is 0 Å². The molecule has 152 valence electrons. The first kappa shape index (κ1) is 19.9. The van der Waals surface area contributed by atoms with E-state index in [-0.39, 0.29) is 6.54 Å². The lowest BCUT2D eigenvalue weighted by Crippen LogP contribution is -2.08. The normalized spacial score (nSPS) is 12.0. The zero-order valence-electron chi connectivity index (χ0n) is 16.0. The SMILES string of the molecule is Cn1nc(-c2ccccn2)cc1Oc1cc(Cl)cnc1-c1ccc([C@@H](F)CN)cn1. The molecule has 4 rings (SSSR count). The van der Waals surface area contributed by atoms with E-state index >= 15 is 0 Å². The molecule has 0 saturated heterocycles. The number of alkyl halides is 1. The van der Waals surface area contributed by atoms with Crippen LogP contribution in [0, 0.1) is 0 Å². The Bertz CT molecular complexity index is 1150. The van der Waals surface area contributed by atoms with E-state index in [9.17, 15) is 4.39 Å². The predicted molar refractivity (Wildman–Crippen MR) is 112 cm³/mol. The van der Waals surface area contributed by atoms with Crippen LogP contribution in [0.1, 0.15) is 11.7 Å². The van der Waals surface area contributed by atoms with Crippen molar-refractivity contribution in [3.05, 3.63) is 71.6 Å². The molecule has 0 aliphatic rings. The monoisotopic (exact) mass is 424 g/mol. The highest BCUT2D eigenvalue weighted by molar-refractivity contribution is 6.30. The van der Waals surface area contributed by atoms with Gasteiger partial charge in [-0.15, -0.1) is 0 Å². The highest BCUT2D eigenvalue weighted by Crippen LogP contribution is 2.34. The van der Waals surface area contributed by atoms with Crippen molar-refractivity contribution in [1.29, 1.82) is 0 Å². The Morgan fingerprint density at radius 2 is 1.93 bits per heavy atom. The van der Waals surface area contributed by atoms with Crippen LogP contribution in [0.4, 0.5) is 4.39 Å². The summed E-state index contributed by atoms with van der Waals surface area (Å²) >= 11 is 6.14. The second kappa shape index (κ2) is 8.56. The summed E-state index contributed by atoms with van der Waals surface area (Å²) in [5, 5.41) is 4.86. The summed E-state index contributed by atoms with van der Waals surface area (Å²) < 4.78 is 21.4. The second-order valence-electron chi connectivity index (χ2n) is 6.49. The van der Waals surface area contributed by atoms with E-state index < -0.39 is 6.17 Å². The number of halogens is 2. The Morgan fingerprint density at radius 3 is 2.63 bits per heavy atom. The van der Waals surface area contributed by atoms with Gasteiger partial charge in [-0.2, -0.15) is 5.10 Å². The number of aromatic nitrogens is 5. The van der Waals surface area contributed by atoms with Crippen LogP contribution in [0.3, 0.4) is 0 Å². The van der Waals surface area contributed by atoms with Crippen molar-refractivity contribution in [1.82, 2.24) is 24.7 Å². The van der Waals surface area contributed by atoms with Crippen LogP contribution < -0.4 is 10.5 Å². The minimum Gasteiger partial charge on any atom is -0.437 e. The molecule has 0 bridgehead atoms. The summed E-state index contributed by atoms with van der Waals surface area (Å²) in [7, 11) is 1.76. The number of nitrogens with zero attached hydrogens (tertiary/aromatic N) is 5. The summed E-state index contributed by atoms with van der Waals surface area (Å²) in [5.41, 5.74) is 8.16. The molecule has 2 N–H and O–H groups in total. The van der Waals surface area contributed by atoms with Gasteiger partial charge < -0.3 is 10.5 Å². The first-order valence-corrected chi connectivity index (χ1v) is 9.52. The van der Waals surface area contributed by atoms with Crippen molar-refractivity contribution < 1.29 is 9.13 Å². The molecule has 9 heteroatoms. The zero-order valence-corrected chi connectivity index (χ0v) is 16.8. The molecule has 0 spiro atoms. The predicted octanol–water partition coefficient (Wildman–Crippen LogP) is 4.35. The number of hydrogen-bond acceptors (Lipinski definition) is 6. The van der Waals surface area contributed by atoms with Crippen molar-refractivity contribution >= 4 is 11.6 Å². The summed E-state index contributed by atoms with van der Waals surface area (Å²) in [6.07, 6.45) is 3.38. The smallest absolute Gasteiger partial charge is 0.218 e. The Morgan fingerprint density at radius 1 is 1.07 bits per heavy atom. The van der Waals surface area contributed by atoms with E-state index in [1.165, 1.54) is 12.4 Å². The van der Waals surface area contributed by atoms with E-state index in [0.29, 0.717) is 39.3 Å². The van der Waals surface area contributed by atoms with E-state index in [1.807, 2.05) is 18.2 Å². The number of hydrogen-bond donors (Lipinski definition) is 1. The molecule has 0 amide bonds. The first-order chi connectivity index (χ1) is 14.5. The summed E-state index contributed by atoms with van der Waals surface area (Å²) in [5.74, 6) is 0.874. The standard InChI is InChI=1S/C21H18ClFN6O/c1-29-20(9-18(28-29)16-4-2-3-7-25-16)30-19-8-14(22)12-27-21(19)17-6-5-13(11-26-17)15(23)10-24/h2-9,11-12,15H,10,24H2,1H3/t15-/m0/s1. The number of rotatable bonds is 6. The quantitative estimate of drug-likeness (QED) is 0.494. The number of nitrogens with two attached hydrogens (primary N) is 1. The molecule has 1 atom stereocenters. The van der Waals surface area contributed by atoms with E-state index in [0.717, 1.165) is 5.69 Å². The number of pyridine rings is 3. The molecule has 4 aromatic heterocycles. The molecule has 0 aliphatic carbocycles. The maximum atomic E-state index is 13.8. The number of aryl methyl sites for hydroxylation is 1. The molecule has 0 radical (unpaired) electrons. The highest BCUT2D eigenvalue weighted by atomic mass is 35.5. The largest absolute Gasteiger partial charge is 0.437 e. The average Bonchev–Trinajstić information content (AvgIpc) is 3.14. The fourth-order valence-corrected chi connectivity index (χ4v) is 3.00. The minimum absolute atomic E-state index is 0.103. The molecular weight excluding hydrogens is 407 g/mol. The van der Waals surface area contributed by atoms with Crippen molar-refractivity contribution in [2.24, 2.45) is 12.8 Å². The van der Waals surface area contributed by atoms with Crippen LogP contribution in [0.25, 0.3) is 22.8 Å². The van der Waals surface area contributed by atoms with Crippen molar-refractivity contribution in [3.8, 4) is 34.4 Å². The highest BCUT2D eigenvalue weighted by Gasteiger charge is 2.16. The molecule has 0 aromatic carbocycles. The van der Waals surface area contributed by atoms with Gasteiger partial charge in [-0.3, -0.25) is 9.97 Å². The third-order valence-electron chi connectivity index (χ3n) is 4.40. The molecule has 0 fully saturated rings. The number of ether oxygens (including phenoxy) is 1. The first-order valence-electron chi connectivity index (χ1n) is 9.14. The fraction of sp³-hybridized carbons (Fsp3) is 0.143. The minimum atomic E-state index is -1.26. The maximum absolute atomic E-state index is 13.8. The summed E-state index contributed by atoms with van der Waals surface area (Å²) in [6, 6.07) is 12.3. The molecule has 0 saturated carbocycles. The molecule has 30 heavy (non-hydrogen) atoms. The third-order valence-corrected chi connectivity index (χ3v) is 4.60. The van der Waals surface area contributed by atoms with Crippen molar-refractivity contribution in [3.63, 3.8) is 0 Å². The Kier molecular flexibility index (Phi) is 5.69. The molecule has 0 unspecified atom stereocenters. The lowest BCUT2D eigenvalue weighted by Gasteiger charge is -2.11. The second-order valence-corrected chi connectivity index (χ2v) is 6.93. The Labute approximate surface area is 177 Å². The van der Waals surface area contributed by atoms with Crippen LogP contribution >= 0.6 is 11.6 Å². The molecule has 4 aromatic rings. The average molecular weight is 425 g/mol. The van der Waals surface area contributed by atoms with Crippen LogP contribution in [0.15, 0.2) is 61.1 Å². The van der Waals surface area contributed by atoms with Crippen LogP contribution in [0.2, 0.25) is 5.02 Å². The van der Waals surface area contributed by atoms with Gasteiger partial charge in [-0.1, -0.05) is 23.7 Å². The van der Waals surface area contributed by atoms with Gasteiger partial charge >= 0.3 is 0 Å². The van der Waals surface area contributed by atoms with Gasteiger partial charge in [0, 0.05) is 49.9 Å². The van der Waals surface area contributed by atoms with Gasteiger partial charge in [0.1, 0.15) is 17.6 Å². The van der Waals surface area contributed by atoms with Crippen molar-refractivity contribution in [2.75, 3.05) is 6.54 Å². The Hall–Kier alpha value is -3.36. The Balaban J connectivity index is 1.67. The van der Waals surface area contributed by atoms with Gasteiger partial charge in [-0.25, -0.2) is 14.1 Å². The molecule has 7 nitrogen and oxygen atoms in total. The van der Waals surface area contributed by atoms with Gasteiger partial charge in [0.15, 0.2) is 5.75 Å². The fourth-order valence-electron chi connectivity index (χ4n) is 2.86. The van der Waals surface area contributed by atoms with E-state index in [2.05, 4.69) is 20.1 Å². The zero-order chi connectivity index (χ0) is 21.1. The molecule has 0 aliphatic heterocycles. The molecule has 4 heterocycles. The lowest BCUT2D eigenvalue weighted by atomic mass is 10.1. The summed E-state index contributed by atoms with van der Waals surface area (Å²) in [4.78, 5) is 13.0. The maximum Gasteiger partial charge on any atom is 0.218 e. The summed E-state index contributed by atoms with van der Waals surface area (Å²) in [6.45, 7) is -0.103. The van der Waals surface area contributed by atoms with Crippen molar-refractivity contribution in [2.45, 2.75) is 6.17 Å². The van der Waals surface area contributed by atoms with Gasteiger partial charge in [-0.05, 0) is 18.2 Å². The van der Waals surface area contributed by atoms with E-state index in [4.69, 9.17) is 22.1 Å². The van der Waals surface area contributed by atoms with Crippen LogP contribution in [0.5, 0.6) is 11.6 Å². The lowest BCUT2D eigenvalue weighted by molar-refractivity contribution is 0.352. The van der Waals surface area contributed by atoms with Crippen LogP contribution in [-0.4, -0.2) is 31.3 Å². The van der Waals surface area contributed by atoms with Gasteiger partial charge in [0.2, 0.25) is 5.88 Å². The molecular formula is C21H18ClFN6O. The topological polar surface area (TPSA) is 91.7 Å². The third kappa shape index (κ3) is 4.14. The van der Waals surface area contributed by atoms with E-state index in [1.54, 1.807) is 42.2 Å².